The Hall–Kier alpha value is -1.35. The van der Waals surface area contributed by atoms with Crippen molar-refractivity contribution in [3.63, 3.8) is 0 Å². The van der Waals surface area contributed by atoms with Crippen molar-refractivity contribution in [3.05, 3.63) is 30.3 Å². The summed E-state index contributed by atoms with van der Waals surface area (Å²) in [6.07, 6.45) is 1.45. The fraction of sp³-hybridized carbons (Fsp3) is 0.417. The highest BCUT2D eigenvalue weighted by molar-refractivity contribution is 5.90. The maximum atomic E-state index is 11.6. The van der Waals surface area contributed by atoms with Crippen LogP contribution in [0.1, 0.15) is 19.8 Å². The van der Waals surface area contributed by atoms with Crippen LogP contribution in [-0.4, -0.2) is 12.5 Å². The van der Waals surface area contributed by atoms with Gasteiger partial charge >= 0.3 is 0 Å². The Balaban J connectivity index is 2.43. The molecule has 0 fully saturated rings. The molecular weight excluding hydrogens is 188 g/mol. The van der Waals surface area contributed by atoms with Gasteiger partial charge in [0.15, 0.2) is 0 Å². The molecule has 0 aliphatic heterocycles. The zero-order valence-corrected chi connectivity index (χ0v) is 9.07. The predicted molar refractivity (Wildman–Crippen MR) is 62.5 cm³/mol. The zero-order chi connectivity index (χ0) is 11.1. The van der Waals surface area contributed by atoms with Crippen molar-refractivity contribution in [1.82, 2.24) is 0 Å². The van der Waals surface area contributed by atoms with E-state index in [2.05, 4.69) is 5.32 Å². The summed E-state index contributed by atoms with van der Waals surface area (Å²) in [5, 5.41) is 2.85. The van der Waals surface area contributed by atoms with Gasteiger partial charge in [0.2, 0.25) is 5.91 Å². The van der Waals surface area contributed by atoms with Crippen LogP contribution >= 0.6 is 0 Å². The summed E-state index contributed by atoms with van der Waals surface area (Å²) in [5.41, 5.74) is 6.39. The van der Waals surface area contributed by atoms with Crippen LogP contribution in [0, 0.1) is 5.92 Å². The zero-order valence-electron chi connectivity index (χ0n) is 9.07. The third-order valence-electron chi connectivity index (χ3n) is 2.44. The van der Waals surface area contributed by atoms with Gasteiger partial charge in [-0.1, -0.05) is 31.5 Å². The Kier molecular flexibility index (Phi) is 4.84. The van der Waals surface area contributed by atoms with E-state index in [1.807, 2.05) is 37.3 Å². The van der Waals surface area contributed by atoms with Gasteiger partial charge in [0.05, 0.1) is 0 Å². The molecule has 3 N–H and O–H groups in total. The number of nitrogens with two attached hydrogens (primary N) is 1. The molecule has 3 nitrogen and oxygen atoms in total. The summed E-state index contributed by atoms with van der Waals surface area (Å²) in [6.45, 7) is 2.62. The second-order valence-corrected chi connectivity index (χ2v) is 3.63. The van der Waals surface area contributed by atoms with Crippen molar-refractivity contribution in [2.75, 3.05) is 11.9 Å². The third kappa shape index (κ3) is 4.13. The highest BCUT2D eigenvalue weighted by Crippen LogP contribution is 2.10. The second-order valence-electron chi connectivity index (χ2n) is 3.63. The molecule has 0 aliphatic carbocycles. The molecule has 0 radical (unpaired) electrons. The Morgan fingerprint density at radius 1 is 1.40 bits per heavy atom. The van der Waals surface area contributed by atoms with Crippen molar-refractivity contribution in [2.24, 2.45) is 11.7 Å². The lowest BCUT2D eigenvalue weighted by atomic mass is 10.0. The second kappa shape index (κ2) is 6.19. The van der Waals surface area contributed by atoms with Crippen molar-refractivity contribution in [1.29, 1.82) is 0 Å². The standard InChI is InChI=1S/C12H18N2O/c1-2-10(9-13)8-12(15)14-11-6-4-3-5-7-11/h3-7,10H,2,8-9,13H2,1H3,(H,14,15). The SMILES string of the molecule is CCC(CN)CC(=O)Nc1ccccc1. The van der Waals surface area contributed by atoms with Crippen LogP contribution in [0.3, 0.4) is 0 Å². The van der Waals surface area contributed by atoms with E-state index in [1.165, 1.54) is 0 Å². The Morgan fingerprint density at radius 2 is 2.07 bits per heavy atom. The summed E-state index contributed by atoms with van der Waals surface area (Å²) in [7, 11) is 0. The van der Waals surface area contributed by atoms with Crippen LogP contribution < -0.4 is 11.1 Å². The molecular formula is C12H18N2O. The average Bonchev–Trinajstić information content (AvgIpc) is 2.27. The highest BCUT2D eigenvalue weighted by atomic mass is 16.1. The molecule has 0 saturated heterocycles. The first-order valence-electron chi connectivity index (χ1n) is 5.31. The third-order valence-corrected chi connectivity index (χ3v) is 2.44. The normalized spacial score (nSPS) is 12.1. The predicted octanol–water partition coefficient (Wildman–Crippen LogP) is 2.00. The van der Waals surface area contributed by atoms with E-state index in [-0.39, 0.29) is 11.8 Å². The van der Waals surface area contributed by atoms with Gasteiger partial charge in [0.25, 0.3) is 0 Å². The van der Waals surface area contributed by atoms with Crippen molar-refractivity contribution in [3.8, 4) is 0 Å². The molecule has 1 amide bonds. The summed E-state index contributed by atoms with van der Waals surface area (Å²) in [6, 6.07) is 9.47. The fourth-order valence-electron chi connectivity index (χ4n) is 1.39. The molecule has 1 rings (SSSR count). The summed E-state index contributed by atoms with van der Waals surface area (Å²) < 4.78 is 0. The van der Waals surface area contributed by atoms with Gasteiger partial charge in [-0.15, -0.1) is 0 Å². The number of hydrogen-bond acceptors (Lipinski definition) is 2. The Morgan fingerprint density at radius 3 is 2.60 bits per heavy atom. The average molecular weight is 206 g/mol. The summed E-state index contributed by atoms with van der Waals surface area (Å²) in [5.74, 6) is 0.326. The van der Waals surface area contributed by atoms with E-state index in [4.69, 9.17) is 5.73 Å². The first-order valence-corrected chi connectivity index (χ1v) is 5.31. The highest BCUT2D eigenvalue weighted by Gasteiger charge is 2.10. The number of carbonyl (C=O) groups is 1. The number of hydrogen-bond donors (Lipinski definition) is 2. The van der Waals surface area contributed by atoms with Crippen LogP contribution in [0.25, 0.3) is 0 Å². The molecule has 3 heteroatoms. The Labute approximate surface area is 90.7 Å². The number of para-hydroxylation sites is 1. The van der Waals surface area contributed by atoms with Gasteiger partial charge in [-0.3, -0.25) is 4.79 Å². The quantitative estimate of drug-likeness (QED) is 0.774. The van der Waals surface area contributed by atoms with Crippen molar-refractivity contribution < 1.29 is 4.79 Å². The maximum absolute atomic E-state index is 11.6. The number of anilines is 1. The number of carbonyl (C=O) groups excluding carboxylic acids is 1. The monoisotopic (exact) mass is 206 g/mol. The first-order chi connectivity index (χ1) is 7.26. The van der Waals surface area contributed by atoms with E-state index in [0.29, 0.717) is 13.0 Å². The smallest absolute Gasteiger partial charge is 0.224 e. The van der Waals surface area contributed by atoms with Crippen LogP contribution in [0.2, 0.25) is 0 Å². The minimum absolute atomic E-state index is 0.0403. The Bertz CT molecular complexity index is 294. The van der Waals surface area contributed by atoms with Gasteiger partial charge in [-0.25, -0.2) is 0 Å². The molecule has 0 spiro atoms. The molecule has 15 heavy (non-hydrogen) atoms. The summed E-state index contributed by atoms with van der Waals surface area (Å²) in [4.78, 5) is 11.6. The fourth-order valence-corrected chi connectivity index (χ4v) is 1.39. The van der Waals surface area contributed by atoms with E-state index >= 15 is 0 Å². The van der Waals surface area contributed by atoms with Crippen LogP contribution in [0.15, 0.2) is 30.3 Å². The van der Waals surface area contributed by atoms with Gasteiger partial charge in [0, 0.05) is 12.1 Å². The molecule has 0 heterocycles. The minimum atomic E-state index is 0.0403. The maximum Gasteiger partial charge on any atom is 0.224 e. The number of rotatable bonds is 5. The molecule has 1 aromatic carbocycles. The molecule has 0 aromatic heterocycles. The molecule has 1 unspecified atom stereocenters. The van der Waals surface area contributed by atoms with E-state index in [0.717, 1.165) is 12.1 Å². The first kappa shape index (κ1) is 11.7. The lowest BCUT2D eigenvalue weighted by molar-refractivity contribution is -0.117. The lowest BCUT2D eigenvalue weighted by Crippen LogP contribution is -2.21. The largest absolute Gasteiger partial charge is 0.330 e. The number of benzene rings is 1. The van der Waals surface area contributed by atoms with Crippen molar-refractivity contribution in [2.45, 2.75) is 19.8 Å². The van der Waals surface area contributed by atoms with Crippen LogP contribution in [-0.2, 0) is 4.79 Å². The van der Waals surface area contributed by atoms with Gasteiger partial charge in [-0.05, 0) is 24.6 Å². The van der Waals surface area contributed by atoms with Crippen molar-refractivity contribution >= 4 is 11.6 Å². The van der Waals surface area contributed by atoms with Gasteiger partial charge in [-0.2, -0.15) is 0 Å². The van der Waals surface area contributed by atoms with Gasteiger partial charge < -0.3 is 11.1 Å². The van der Waals surface area contributed by atoms with Crippen LogP contribution in [0.4, 0.5) is 5.69 Å². The molecule has 1 aromatic rings. The number of nitrogens with one attached hydrogen (secondary N) is 1. The van der Waals surface area contributed by atoms with E-state index in [9.17, 15) is 4.79 Å². The molecule has 0 bridgehead atoms. The lowest BCUT2D eigenvalue weighted by Gasteiger charge is -2.11. The number of amides is 1. The molecule has 1 atom stereocenters. The molecule has 82 valence electrons. The molecule has 0 saturated carbocycles. The molecule has 0 aliphatic rings. The van der Waals surface area contributed by atoms with E-state index < -0.39 is 0 Å². The van der Waals surface area contributed by atoms with Gasteiger partial charge in [0.1, 0.15) is 0 Å². The van der Waals surface area contributed by atoms with E-state index in [1.54, 1.807) is 0 Å². The van der Waals surface area contributed by atoms with Crippen LogP contribution in [0.5, 0.6) is 0 Å². The summed E-state index contributed by atoms with van der Waals surface area (Å²) >= 11 is 0. The minimum Gasteiger partial charge on any atom is -0.330 e. The topological polar surface area (TPSA) is 55.1 Å².